The number of amides is 2. The smallest absolute Gasteiger partial charge is 0.284 e. The molecule has 16 heteroatoms. The zero-order valence-corrected chi connectivity index (χ0v) is 25.3. The second kappa shape index (κ2) is 13.3. The zero-order chi connectivity index (χ0) is 30.0. The summed E-state index contributed by atoms with van der Waals surface area (Å²) in [6.07, 6.45) is 2.23. The van der Waals surface area contributed by atoms with Gasteiger partial charge < -0.3 is 10.6 Å². The third kappa shape index (κ3) is 6.79. The number of carbonyl (C=O) groups excluding carboxylic acids is 2. The average Bonchev–Trinajstić information content (AvgIpc) is 2.95. The topological polar surface area (TPSA) is 151 Å². The van der Waals surface area contributed by atoms with Crippen molar-refractivity contribution < 1.29 is 19.4 Å². The summed E-state index contributed by atoms with van der Waals surface area (Å²) in [5, 5.41) is 28.6. The Labute approximate surface area is 260 Å². The number of carbonyl (C=O) groups is 2. The van der Waals surface area contributed by atoms with Crippen molar-refractivity contribution in [3.05, 3.63) is 68.8 Å². The molecular weight excluding hydrogens is 627 g/mol. The minimum atomic E-state index is -0.895. The lowest BCUT2D eigenvalue weighted by atomic mass is 9.91. The molecule has 12 nitrogen and oxygen atoms in total. The van der Waals surface area contributed by atoms with Gasteiger partial charge in [-0.15, -0.1) is 23.2 Å². The highest BCUT2D eigenvalue weighted by Gasteiger charge is 2.47. The first-order chi connectivity index (χ1) is 20.1. The average molecular weight is 656 g/mol. The lowest BCUT2D eigenvalue weighted by molar-refractivity contribution is -0.387. The van der Waals surface area contributed by atoms with Crippen LogP contribution in [0.25, 0.3) is 0 Å². The fourth-order valence-corrected chi connectivity index (χ4v) is 8.70. The molecule has 5 rings (SSSR count). The number of rotatable bonds is 8. The van der Waals surface area contributed by atoms with E-state index < -0.39 is 34.0 Å². The van der Waals surface area contributed by atoms with Crippen LogP contribution in [-0.2, 0) is 9.59 Å². The van der Waals surface area contributed by atoms with Gasteiger partial charge in [-0.25, -0.2) is 8.61 Å². The van der Waals surface area contributed by atoms with Crippen molar-refractivity contribution in [1.82, 2.24) is 19.2 Å². The van der Waals surface area contributed by atoms with Crippen LogP contribution < -0.4 is 10.6 Å². The molecule has 3 aliphatic rings. The van der Waals surface area contributed by atoms with Gasteiger partial charge in [0.05, 0.1) is 21.9 Å². The van der Waals surface area contributed by atoms with Crippen LogP contribution in [0.4, 0.5) is 11.4 Å². The molecule has 2 aromatic rings. The minimum Gasteiger partial charge on any atom is -0.341 e. The van der Waals surface area contributed by atoms with Gasteiger partial charge in [0.2, 0.25) is 11.8 Å². The van der Waals surface area contributed by atoms with Crippen LogP contribution in [0.3, 0.4) is 0 Å². The van der Waals surface area contributed by atoms with Gasteiger partial charge in [-0.2, -0.15) is 0 Å². The summed E-state index contributed by atoms with van der Waals surface area (Å²) in [7, 11) is 0. The van der Waals surface area contributed by atoms with Crippen LogP contribution in [-0.4, -0.2) is 78.3 Å². The minimum absolute atomic E-state index is 0.0544. The Morgan fingerprint density at radius 3 is 1.45 bits per heavy atom. The maximum atomic E-state index is 13.6. The van der Waals surface area contributed by atoms with Crippen molar-refractivity contribution in [3.63, 3.8) is 0 Å². The normalized spacial score (nSPS) is 29.0. The highest BCUT2D eigenvalue weighted by atomic mass is 35.5. The zero-order valence-electron chi connectivity index (χ0n) is 22.1. The molecule has 2 aromatic carbocycles. The Morgan fingerprint density at radius 1 is 0.690 bits per heavy atom. The van der Waals surface area contributed by atoms with E-state index in [2.05, 4.69) is 10.6 Å². The van der Waals surface area contributed by atoms with Gasteiger partial charge in [-0.3, -0.25) is 29.8 Å². The summed E-state index contributed by atoms with van der Waals surface area (Å²) in [4.78, 5) is 50.2. The quantitative estimate of drug-likeness (QED) is 0.182. The maximum Gasteiger partial charge on any atom is 0.284 e. The molecule has 3 heterocycles. The van der Waals surface area contributed by atoms with Crippen molar-refractivity contribution >= 4 is 70.3 Å². The monoisotopic (exact) mass is 654 g/mol. The summed E-state index contributed by atoms with van der Waals surface area (Å²) in [5.41, 5.74) is -0.109. The molecule has 3 fully saturated rings. The van der Waals surface area contributed by atoms with Crippen molar-refractivity contribution in [3.8, 4) is 0 Å². The number of piperidine rings is 2. The van der Waals surface area contributed by atoms with Crippen molar-refractivity contribution in [2.75, 3.05) is 13.1 Å². The number of benzene rings is 2. The van der Waals surface area contributed by atoms with Gasteiger partial charge >= 0.3 is 0 Å². The lowest BCUT2D eigenvalue weighted by Gasteiger charge is -2.46. The number of nitrogens with one attached hydrogen (secondary N) is 2. The number of nitro groups is 2. The first-order valence-corrected chi connectivity index (χ1v) is 15.8. The summed E-state index contributed by atoms with van der Waals surface area (Å²) in [5.74, 6) is -0.733. The van der Waals surface area contributed by atoms with E-state index in [4.69, 9.17) is 23.2 Å². The van der Waals surface area contributed by atoms with Gasteiger partial charge in [0.1, 0.15) is 21.9 Å². The molecule has 42 heavy (non-hydrogen) atoms. The Balaban J connectivity index is 1.34. The van der Waals surface area contributed by atoms with Crippen LogP contribution in [0.2, 0.25) is 0 Å². The number of hydrogen-bond donors (Lipinski definition) is 2. The largest absolute Gasteiger partial charge is 0.341 e. The summed E-state index contributed by atoms with van der Waals surface area (Å²) < 4.78 is 3.70. The molecule has 2 amide bonds. The van der Waals surface area contributed by atoms with Gasteiger partial charge in [0.25, 0.3) is 11.4 Å². The summed E-state index contributed by atoms with van der Waals surface area (Å²) in [6.45, 7) is 0.734. The van der Waals surface area contributed by atoms with Crippen LogP contribution in [0.15, 0.2) is 58.3 Å². The van der Waals surface area contributed by atoms with E-state index in [1.807, 2.05) is 8.61 Å². The van der Waals surface area contributed by atoms with E-state index in [0.29, 0.717) is 48.6 Å². The van der Waals surface area contributed by atoms with Gasteiger partial charge in [0.15, 0.2) is 0 Å². The van der Waals surface area contributed by atoms with Gasteiger partial charge in [0, 0.05) is 36.0 Å². The predicted octanol–water partition coefficient (Wildman–Crippen LogP) is 4.34. The SMILES string of the molecule is O=C1NC(C2CCC(Cl)CN2Sc2ccccc2[N+](=O)[O-])C(=O)NC1C1CCC(Cl)CN1Sc1ccccc1[N+](=O)[O-]. The van der Waals surface area contributed by atoms with Gasteiger partial charge in [-0.05, 0) is 61.7 Å². The fraction of sp³-hybridized carbons (Fsp3) is 0.462. The molecule has 6 atom stereocenters. The molecule has 0 aliphatic carbocycles. The Bertz CT molecular complexity index is 1270. The highest BCUT2D eigenvalue weighted by molar-refractivity contribution is 7.97. The number of halogens is 2. The molecule has 224 valence electrons. The second-order valence-corrected chi connectivity index (χ2v) is 13.7. The van der Waals surface area contributed by atoms with Crippen LogP contribution >= 0.6 is 47.1 Å². The molecule has 0 spiro atoms. The van der Waals surface area contributed by atoms with Crippen molar-refractivity contribution in [2.45, 2.75) is 70.4 Å². The van der Waals surface area contributed by atoms with Crippen molar-refractivity contribution in [2.24, 2.45) is 0 Å². The number of nitrogens with zero attached hydrogens (tertiary/aromatic N) is 4. The molecule has 6 unspecified atom stereocenters. The van der Waals surface area contributed by atoms with E-state index in [9.17, 15) is 29.8 Å². The van der Waals surface area contributed by atoms with E-state index >= 15 is 0 Å². The first-order valence-electron chi connectivity index (χ1n) is 13.4. The molecular formula is C26H28Cl2N6O6S2. The standard InChI is InChI=1S/C26H28Cl2N6O6S2/c27-15-9-11-19(31(13-15)41-21-7-3-1-5-17(21)33(37)38)23-25(35)30-24(26(36)29-23)20-12-10-16(28)14-32(20)42-22-8-4-2-6-18(22)34(39)40/h1-8,15-16,19-20,23-24H,9-14H2,(H,29,36)(H,30,35). The van der Waals surface area contributed by atoms with Gasteiger partial charge in [-0.1, -0.05) is 24.3 Å². The number of piperazine rings is 1. The lowest BCUT2D eigenvalue weighted by Crippen LogP contribution is -2.71. The number of para-hydroxylation sites is 2. The third-order valence-corrected chi connectivity index (χ3v) is 10.6. The molecule has 0 saturated carbocycles. The second-order valence-electron chi connectivity index (χ2n) is 10.3. The molecule has 0 radical (unpaired) electrons. The number of nitro benzene ring substituents is 2. The highest BCUT2D eigenvalue weighted by Crippen LogP contribution is 2.40. The Morgan fingerprint density at radius 2 is 1.07 bits per heavy atom. The molecule has 3 saturated heterocycles. The Kier molecular flexibility index (Phi) is 9.80. The first kappa shape index (κ1) is 30.8. The summed E-state index contributed by atoms with van der Waals surface area (Å²) in [6, 6.07) is 10.0. The number of alkyl halides is 2. The predicted molar refractivity (Wildman–Crippen MR) is 161 cm³/mol. The van der Waals surface area contributed by atoms with Crippen LogP contribution in [0, 0.1) is 20.2 Å². The fourth-order valence-electron chi connectivity index (χ4n) is 5.49. The third-order valence-electron chi connectivity index (χ3n) is 7.53. The van der Waals surface area contributed by atoms with E-state index in [1.54, 1.807) is 36.4 Å². The number of hydrogen-bond acceptors (Lipinski definition) is 10. The van der Waals surface area contributed by atoms with E-state index in [1.165, 1.54) is 12.1 Å². The Hall–Kier alpha value is -2.62. The van der Waals surface area contributed by atoms with Crippen molar-refractivity contribution in [1.29, 1.82) is 0 Å². The van der Waals surface area contributed by atoms with E-state index in [0.717, 1.165) is 23.9 Å². The maximum absolute atomic E-state index is 13.6. The van der Waals surface area contributed by atoms with E-state index in [-0.39, 0.29) is 33.9 Å². The van der Waals surface area contributed by atoms with Crippen LogP contribution in [0.1, 0.15) is 25.7 Å². The molecule has 0 aromatic heterocycles. The van der Waals surface area contributed by atoms with Crippen LogP contribution in [0.5, 0.6) is 0 Å². The summed E-state index contributed by atoms with van der Waals surface area (Å²) >= 11 is 15.2. The molecule has 3 aliphatic heterocycles. The molecule has 2 N–H and O–H groups in total. The molecule has 0 bridgehead atoms.